The molecule has 1 amide bonds. The van der Waals surface area contributed by atoms with Crippen LogP contribution in [-0.4, -0.2) is 63.2 Å². The fourth-order valence-corrected chi connectivity index (χ4v) is 3.23. The predicted molar refractivity (Wildman–Crippen MR) is 76.9 cm³/mol. The SMILES string of the molecule is O=C(c1cn(C2CCNCC2)nn1)N1CCCCC1CO. The lowest BCUT2D eigenvalue weighted by atomic mass is 10.0. The number of carbonyl (C=O) groups is 1. The van der Waals surface area contributed by atoms with Crippen LogP contribution in [0.4, 0.5) is 0 Å². The van der Waals surface area contributed by atoms with Gasteiger partial charge in [0.25, 0.3) is 5.91 Å². The summed E-state index contributed by atoms with van der Waals surface area (Å²) in [7, 11) is 0. The summed E-state index contributed by atoms with van der Waals surface area (Å²) in [5, 5.41) is 20.9. The number of carbonyl (C=O) groups excluding carboxylic acids is 1. The van der Waals surface area contributed by atoms with Crippen LogP contribution >= 0.6 is 0 Å². The molecule has 3 heterocycles. The van der Waals surface area contributed by atoms with Crippen LogP contribution in [0.5, 0.6) is 0 Å². The van der Waals surface area contributed by atoms with Crippen LogP contribution in [0.25, 0.3) is 0 Å². The first-order valence-electron chi connectivity index (χ1n) is 7.84. The second kappa shape index (κ2) is 6.53. The summed E-state index contributed by atoms with van der Waals surface area (Å²) < 4.78 is 1.83. The van der Waals surface area contributed by atoms with E-state index in [9.17, 15) is 9.90 Å². The average Bonchev–Trinajstić information content (AvgIpc) is 3.05. The second-order valence-electron chi connectivity index (χ2n) is 5.90. The van der Waals surface area contributed by atoms with Crippen molar-refractivity contribution in [2.75, 3.05) is 26.2 Å². The van der Waals surface area contributed by atoms with Crippen molar-refractivity contribution in [3.05, 3.63) is 11.9 Å². The van der Waals surface area contributed by atoms with E-state index in [0.717, 1.165) is 45.2 Å². The number of rotatable bonds is 3. The standard InChI is InChI=1S/C14H23N5O2/c20-10-12-3-1-2-8-18(12)14(21)13-9-19(17-16-13)11-4-6-15-7-5-11/h9,11-12,15,20H,1-8,10H2. The van der Waals surface area contributed by atoms with E-state index in [4.69, 9.17) is 0 Å². The van der Waals surface area contributed by atoms with E-state index < -0.39 is 0 Å². The highest BCUT2D eigenvalue weighted by atomic mass is 16.3. The number of hydrogen-bond donors (Lipinski definition) is 2. The number of aromatic nitrogens is 3. The molecule has 1 unspecified atom stereocenters. The minimum Gasteiger partial charge on any atom is -0.394 e. The summed E-state index contributed by atoms with van der Waals surface area (Å²) in [5.74, 6) is -0.103. The highest BCUT2D eigenvalue weighted by Gasteiger charge is 2.29. The van der Waals surface area contributed by atoms with E-state index in [1.165, 1.54) is 0 Å². The molecular formula is C14H23N5O2. The summed E-state index contributed by atoms with van der Waals surface area (Å²) >= 11 is 0. The summed E-state index contributed by atoms with van der Waals surface area (Å²) in [5.41, 5.74) is 0.397. The molecule has 116 valence electrons. The van der Waals surface area contributed by atoms with Crippen LogP contribution in [0, 0.1) is 0 Å². The fraction of sp³-hybridized carbons (Fsp3) is 0.786. The maximum atomic E-state index is 12.6. The van der Waals surface area contributed by atoms with Gasteiger partial charge in [0.1, 0.15) is 0 Å². The van der Waals surface area contributed by atoms with Crippen LogP contribution in [-0.2, 0) is 0 Å². The number of piperidine rings is 2. The minimum atomic E-state index is -0.103. The molecule has 2 aliphatic heterocycles. The van der Waals surface area contributed by atoms with Crippen LogP contribution in [0.3, 0.4) is 0 Å². The lowest BCUT2D eigenvalue weighted by molar-refractivity contribution is 0.0497. The topological polar surface area (TPSA) is 83.3 Å². The maximum absolute atomic E-state index is 12.6. The molecule has 2 saturated heterocycles. The molecule has 3 rings (SSSR count). The van der Waals surface area contributed by atoms with Gasteiger partial charge in [-0.1, -0.05) is 5.21 Å². The van der Waals surface area contributed by atoms with Gasteiger partial charge in [-0.2, -0.15) is 0 Å². The Morgan fingerprint density at radius 2 is 2.14 bits per heavy atom. The number of amides is 1. The summed E-state index contributed by atoms with van der Waals surface area (Å²) in [6.07, 6.45) is 6.72. The van der Waals surface area contributed by atoms with Gasteiger partial charge in [0.2, 0.25) is 0 Å². The van der Waals surface area contributed by atoms with Gasteiger partial charge in [0.15, 0.2) is 5.69 Å². The first-order chi connectivity index (χ1) is 10.3. The van der Waals surface area contributed by atoms with Crippen LogP contribution < -0.4 is 5.32 Å². The minimum absolute atomic E-state index is 0.0220. The monoisotopic (exact) mass is 293 g/mol. The summed E-state index contributed by atoms with van der Waals surface area (Å²) in [4.78, 5) is 14.3. The normalized spacial score (nSPS) is 24.2. The molecule has 0 bridgehead atoms. The van der Waals surface area contributed by atoms with E-state index in [1.54, 1.807) is 11.1 Å². The molecular weight excluding hydrogens is 270 g/mol. The molecule has 0 aromatic carbocycles. The van der Waals surface area contributed by atoms with Gasteiger partial charge in [0.05, 0.1) is 24.9 Å². The maximum Gasteiger partial charge on any atom is 0.276 e. The third kappa shape index (κ3) is 3.08. The van der Waals surface area contributed by atoms with Crippen LogP contribution in [0.1, 0.15) is 48.6 Å². The van der Waals surface area contributed by atoms with E-state index in [1.807, 2.05) is 4.68 Å². The Kier molecular flexibility index (Phi) is 4.50. The summed E-state index contributed by atoms with van der Waals surface area (Å²) in [6, 6.07) is 0.255. The predicted octanol–water partition coefficient (Wildman–Crippen LogP) is 0.190. The molecule has 21 heavy (non-hydrogen) atoms. The number of aliphatic hydroxyl groups excluding tert-OH is 1. The van der Waals surface area contributed by atoms with Gasteiger partial charge < -0.3 is 15.3 Å². The Morgan fingerprint density at radius 1 is 1.33 bits per heavy atom. The Morgan fingerprint density at radius 3 is 2.90 bits per heavy atom. The largest absolute Gasteiger partial charge is 0.394 e. The lowest BCUT2D eigenvalue weighted by Crippen LogP contribution is -2.45. The Bertz CT molecular complexity index is 483. The van der Waals surface area contributed by atoms with Crippen LogP contribution in [0.15, 0.2) is 6.20 Å². The number of likely N-dealkylation sites (tertiary alicyclic amines) is 1. The van der Waals surface area contributed by atoms with Crippen molar-refractivity contribution in [2.45, 2.75) is 44.2 Å². The van der Waals surface area contributed by atoms with Crippen molar-refractivity contribution in [3.8, 4) is 0 Å². The quantitative estimate of drug-likeness (QED) is 0.831. The molecule has 7 nitrogen and oxygen atoms in total. The van der Waals surface area contributed by atoms with Crippen molar-refractivity contribution >= 4 is 5.91 Å². The van der Waals surface area contributed by atoms with E-state index in [-0.39, 0.29) is 18.6 Å². The molecule has 1 atom stereocenters. The van der Waals surface area contributed by atoms with E-state index >= 15 is 0 Å². The first kappa shape index (κ1) is 14.5. The fourth-order valence-electron chi connectivity index (χ4n) is 3.23. The third-order valence-corrected chi connectivity index (χ3v) is 4.51. The number of aliphatic hydroxyl groups is 1. The van der Waals surface area contributed by atoms with E-state index in [2.05, 4.69) is 15.6 Å². The second-order valence-corrected chi connectivity index (χ2v) is 5.90. The van der Waals surface area contributed by atoms with Gasteiger partial charge in [0, 0.05) is 6.54 Å². The average molecular weight is 293 g/mol. The highest BCUT2D eigenvalue weighted by molar-refractivity contribution is 5.92. The van der Waals surface area contributed by atoms with Crippen molar-refractivity contribution in [1.29, 1.82) is 0 Å². The van der Waals surface area contributed by atoms with Gasteiger partial charge in [-0.15, -0.1) is 5.10 Å². The van der Waals surface area contributed by atoms with Crippen molar-refractivity contribution in [3.63, 3.8) is 0 Å². The Hall–Kier alpha value is -1.47. The van der Waals surface area contributed by atoms with Crippen molar-refractivity contribution < 1.29 is 9.90 Å². The Balaban J connectivity index is 1.71. The molecule has 2 fully saturated rings. The molecule has 0 radical (unpaired) electrons. The Labute approximate surface area is 124 Å². The molecule has 0 aliphatic carbocycles. The molecule has 0 spiro atoms. The first-order valence-corrected chi connectivity index (χ1v) is 7.84. The van der Waals surface area contributed by atoms with Crippen LogP contribution in [0.2, 0.25) is 0 Å². The van der Waals surface area contributed by atoms with Gasteiger partial charge in [-0.3, -0.25) is 4.79 Å². The molecule has 7 heteroatoms. The van der Waals surface area contributed by atoms with Gasteiger partial charge in [-0.25, -0.2) is 4.68 Å². The van der Waals surface area contributed by atoms with E-state index in [0.29, 0.717) is 18.3 Å². The molecule has 0 saturated carbocycles. The zero-order chi connectivity index (χ0) is 14.7. The van der Waals surface area contributed by atoms with Crippen molar-refractivity contribution in [1.82, 2.24) is 25.2 Å². The molecule has 2 aliphatic rings. The van der Waals surface area contributed by atoms with Crippen molar-refractivity contribution in [2.24, 2.45) is 0 Å². The van der Waals surface area contributed by atoms with Gasteiger partial charge in [-0.05, 0) is 45.2 Å². The number of nitrogens with one attached hydrogen (secondary N) is 1. The zero-order valence-corrected chi connectivity index (χ0v) is 12.2. The number of hydrogen-bond acceptors (Lipinski definition) is 5. The molecule has 1 aromatic rings. The molecule has 2 N–H and O–H groups in total. The zero-order valence-electron chi connectivity index (χ0n) is 12.2. The van der Waals surface area contributed by atoms with Gasteiger partial charge >= 0.3 is 0 Å². The lowest BCUT2D eigenvalue weighted by Gasteiger charge is -2.33. The number of nitrogens with zero attached hydrogens (tertiary/aromatic N) is 4. The highest BCUT2D eigenvalue weighted by Crippen LogP contribution is 2.20. The summed E-state index contributed by atoms with van der Waals surface area (Å²) in [6.45, 7) is 2.68. The smallest absolute Gasteiger partial charge is 0.276 e. The molecule has 1 aromatic heterocycles. The third-order valence-electron chi connectivity index (χ3n) is 4.51.